The van der Waals surface area contributed by atoms with Gasteiger partial charge in [0.05, 0.1) is 22.3 Å². The van der Waals surface area contributed by atoms with Crippen LogP contribution in [0.3, 0.4) is 0 Å². The van der Waals surface area contributed by atoms with Gasteiger partial charge in [-0.15, -0.1) is 0 Å². The number of nitrogens with zero attached hydrogens (tertiary/aromatic N) is 3. The minimum atomic E-state index is 0.138. The Balaban J connectivity index is 1.54. The number of imidazole rings is 1. The molecule has 0 saturated heterocycles. The second-order valence-corrected chi connectivity index (χ2v) is 14.6. The van der Waals surface area contributed by atoms with E-state index in [0.717, 1.165) is 50.9 Å². The summed E-state index contributed by atoms with van der Waals surface area (Å²) in [6.45, 7) is 18.1. The lowest BCUT2D eigenvalue weighted by atomic mass is 9.88. The van der Waals surface area contributed by atoms with Gasteiger partial charge in [0.1, 0.15) is 11.4 Å². The molecule has 0 unspecified atom stereocenters. The number of rotatable bonds is 6. The van der Waals surface area contributed by atoms with Crippen LogP contribution in [0, 0.1) is 12.3 Å². The van der Waals surface area contributed by atoms with Crippen LogP contribution in [0.15, 0.2) is 95.4 Å². The summed E-state index contributed by atoms with van der Waals surface area (Å²) in [5.74, 6) is 1.47. The van der Waals surface area contributed by atoms with Gasteiger partial charge in [-0.3, -0.25) is 4.57 Å². The van der Waals surface area contributed by atoms with E-state index in [-0.39, 0.29) is 5.41 Å². The van der Waals surface area contributed by atoms with Gasteiger partial charge >= 0.3 is 0 Å². The summed E-state index contributed by atoms with van der Waals surface area (Å²) in [6, 6.07) is 32.8. The fourth-order valence-corrected chi connectivity index (χ4v) is 6.74. The van der Waals surface area contributed by atoms with E-state index < -0.39 is 0 Å². The molecule has 3 heterocycles. The molecule has 0 saturated carbocycles. The lowest BCUT2D eigenvalue weighted by Gasteiger charge is -2.24. The van der Waals surface area contributed by atoms with Crippen LogP contribution >= 0.6 is 0 Å². The monoisotopic (exact) mass is 605 g/mol. The minimum absolute atomic E-state index is 0.138. The summed E-state index contributed by atoms with van der Waals surface area (Å²) in [5.41, 5.74) is 13.2. The molecule has 0 aliphatic carbocycles. The Morgan fingerprint density at radius 3 is 2.11 bits per heavy atom. The summed E-state index contributed by atoms with van der Waals surface area (Å²) in [6.07, 6.45) is 0.886. The van der Waals surface area contributed by atoms with Crippen molar-refractivity contribution in [1.82, 2.24) is 14.5 Å². The molecule has 0 atom stereocenters. The molecule has 0 bridgehead atoms. The number of para-hydroxylation sites is 1. The van der Waals surface area contributed by atoms with Crippen LogP contribution < -0.4 is 0 Å². The predicted molar refractivity (Wildman–Crippen MR) is 193 cm³/mol. The van der Waals surface area contributed by atoms with Gasteiger partial charge in [0.25, 0.3) is 0 Å². The quantitative estimate of drug-likeness (QED) is 0.189. The van der Waals surface area contributed by atoms with E-state index in [0.29, 0.717) is 17.5 Å². The van der Waals surface area contributed by atoms with Crippen molar-refractivity contribution in [3.63, 3.8) is 0 Å². The molecule has 0 spiro atoms. The Morgan fingerprint density at radius 1 is 0.717 bits per heavy atom. The third-order valence-corrected chi connectivity index (χ3v) is 8.93. The van der Waals surface area contributed by atoms with E-state index >= 15 is 0 Å². The summed E-state index contributed by atoms with van der Waals surface area (Å²) < 4.78 is 9.08. The van der Waals surface area contributed by atoms with Crippen LogP contribution in [0.4, 0.5) is 0 Å². The molecule has 7 rings (SSSR count). The van der Waals surface area contributed by atoms with E-state index in [1.807, 2.05) is 0 Å². The average molecular weight is 606 g/mol. The van der Waals surface area contributed by atoms with Gasteiger partial charge in [0.2, 0.25) is 5.71 Å². The fraction of sp³-hybridized carbons (Fsp3) is 0.286. The Morgan fingerprint density at radius 2 is 1.43 bits per heavy atom. The van der Waals surface area contributed by atoms with Crippen LogP contribution in [-0.2, 0) is 6.42 Å². The third kappa shape index (κ3) is 5.30. The Hall–Kier alpha value is -4.70. The highest BCUT2D eigenvalue weighted by Gasteiger charge is 2.26. The molecule has 0 N–H and O–H groups in total. The summed E-state index contributed by atoms with van der Waals surface area (Å²) >= 11 is 0. The van der Waals surface area contributed by atoms with Gasteiger partial charge in [-0.1, -0.05) is 97.0 Å². The molecule has 7 aromatic rings. The van der Waals surface area contributed by atoms with Gasteiger partial charge in [-0.05, 0) is 101 Å². The van der Waals surface area contributed by atoms with Crippen molar-refractivity contribution < 1.29 is 4.42 Å². The molecule has 0 amide bonds. The summed E-state index contributed by atoms with van der Waals surface area (Å²) in [7, 11) is 0. The molecule has 0 aliphatic rings. The summed E-state index contributed by atoms with van der Waals surface area (Å²) in [5, 5.41) is 2.09. The SMILES string of the molecule is Cc1ccc2nc(-c3cccc4c3oc3nc(CC(C)(C)C)ccc34)n(-c3c(C(C)C)cc(-c4ccccc4)cc3C(C)C)c2c1. The smallest absolute Gasteiger partial charge is 0.227 e. The Bertz CT molecular complexity index is 2200. The van der Waals surface area contributed by atoms with Gasteiger partial charge < -0.3 is 4.42 Å². The lowest BCUT2D eigenvalue weighted by molar-refractivity contribution is 0.406. The summed E-state index contributed by atoms with van der Waals surface area (Å²) in [4.78, 5) is 10.3. The maximum absolute atomic E-state index is 6.67. The minimum Gasteiger partial charge on any atom is -0.437 e. The molecule has 232 valence electrons. The van der Waals surface area contributed by atoms with Crippen molar-refractivity contribution in [3.05, 3.63) is 113 Å². The van der Waals surface area contributed by atoms with Crippen molar-refractivity contribution in [3.8, 4) is 28.2 Å². The number of furan rings is 1. The number of benzene rings is 4. The number of hydrogen-bond donors (Lipinski definition) is 0. The topological polar surface area (TPSA) is 43.9 Å². The third-order valence-electron chi connectivity index (χ3n) is 8.93. The molecule has 0 aliphatic heterocycles. The second-order valence-electron chi connectivity index (χ2n) is 14.6. The standard InChI is InChI=1S/C42H43N3O/c1-25(2)34-22-29(28-13-10-9-11-14-28)23-35(26(3)4)38(34)45-37-21-27(5)17-20-36(37)44-40(45)33-16-12-15-31-32-19-18-30(24-42(6,7)8)43-41(32)46-39(31)33/h9-23,25-26H,24H2,1-8H3. The van der Waals surface area contributed by atoms with Gasteiger partial charge in [0.15, 0.2) is 0 Å². The largest absolute Gasteiger partial charge is 0.437 e. The first kappa shape index (κ1) is 30.0. The molecule has 3 aromatic heterocycles. The predicted octanol–water partition coefficient (Wildman–Crippen LogP) is 11.8. The number of fused-ring (bicyclic) bond motifs is 4. The second kappa shape index (κ2) is 11.3. The highest BCUT2D eigenvalue weighted by molar-refractivity contribution is 6.08. The Labute approximate surface area is 272 Å². The maximum Gasteiger partial charge on any atom is 0.227 e. The molecular weight excluding hydrogens is 562 g/mol. The van der Waals surface area contributed by atoms with E-state index in [1.165, 1.54) is 33.5 Å². The van der Waals surface area contributed by atoms with Gasteiger partial charge in [0, 0.05) is 16.5 Å². The first-order valence-electron chi connectivity index (χ1n) is 16.5. The van der Waals surface area contributed by atoms with Crippen molar-refractivity contribution in [2.75, 3.05) is 0 Å². The number of hydrogen-bond acceptors (Lipinski definition) is 3. The van der Waals surface area contributed by atoms with Crippen LogP contribution in [-0.4, -0.2) is 14.5 Å². The molecule has 46 heavy (non-hydrogen) atoms. The van der Waals surface area contributed by atoms with Crippen molar-refractivity contribution >= 4 is 33.1 Å². The van der Waals surface area contributed by atoms with E-state index in [4.69, 9.17) is 14.4 Å². The Kier molecular flexibility index (Phi) is 7.35. The molecule has 4 aromatic carbocycles. The number of aryl methyl sites for hydroxylation is 1. The van der Waals surface area contributed by atoms with Crippen molar-refractivity contribution in [2.45, 2.75) is 73.6 Å². The molecular formula is C42H43N3O. The first-order valence-corrected chi connectivity index (χ1v) is 16.5. The van der Waals surface area contributed by atoms with Crippen LogP contribution in [0.2, 0.25) is 0 Å². The molecule has 4 nitrogen and oxygen atoms in total. The van der Waals surface area contributed by atoms with Crippen LogP contribution in [0.5, 0.6) is 0 Å². The number of pyridine rings is 1. The average Bonchev–Trinajstić information content (AvgIpc) is 3.57. The fourth-order valence-electron chi connectivity index (χ4n) is 6.74. The zero-order chi connectivity index (χ0) is 32.3. The molecule has 0 fully saturated rings. The van der Waals surface area contributed by atoms with E-state index in [2.05, 4.69) is 151 Å². The van der Waals surface area contributed by atoms with Crippen molar-refractivity contribution in [2.24, 2.45) is 5.41 Å². The number of aromatic nitrogens is 3. The lowest BCUT2D eigenvalue weighted by Crippen LogP contribution is -2.10. The van der Waals surface area contributed by atoms with Crippen LogP contribution in [0.25, 0.3) is 61.3 Å². The van der Waals surface area contributed by atoms with Crippen molar-refractivity contribution in [1.29, 1.82) is 0 Å². The normalized spacial score (nSPS) is 12.4. The molecule has 0 radical (unpaired) electrons. The maximum atomic E-state index is 6.67. The zero-order valence-electron chi connectivity index (χ0n) is 28.3. The highest BCUT2D eigenvalue weighted by Crippen LogP contribution is 2.42. The highest BCUT2D eigenvalue weighted by atomic mass is 16.3. The van der Waals surface area contributed by atoms with E-state index in [9.17, 15) is 0 Å². The molecule has 4 heteroatoms. The van der Waals surface area contributed by atoms with Gasteiger partial charge in [-0.25, -0.2) is 9.97 Å². The van der Waals surface area contributed by atoms with E-state index in [1.54, 1.807) is 0 Å². The van der Waals surface area contributed by atoms with Gasteiger partial charge in [-0.2, -0.15) is 0 Å². The first-order chi connectivity index (χ1) is 22.0. The zero-order valence-corrected chi connectivity index (χ0v) is 28.3. The van der Waals surface area contributed by atoms with Crippen LogP contribution in [0.1, 0.15) is 82.7 Å².